The van der Waals surface area contributed by atoms with E-state index < -0.39 is 5.97 Å². The van der Waals surface area contributed by atoms with Crippen molar-refractivity contribution in [1.82, 2.24) is 0 Å². The van der Waals surface area contributed by atoms with Crippen molar-refractivity contribution in [2.24, 2.45) is 46.3 Å². The van der Waals surface area contributed by atoms with Crippen LogP contribution in [0.2, 0.25) is 0 Å². The second-order valence-electron chi connectivity index (χ2n) is 12.1. The molecular formula is C26H44O4. The lowest BCUT2D eigenvalue weighted by Crippen LogP contribution is -2.58. The van der Waals surface area contributed by atoms with E-state index in [1.807, 2.05) is 0 Å². The zero-order valence-corrected chi connectivity index (χ0v) is 19.4. The molecule has 4 rings (SSSR count). The number of aliphatic carboxylic acids is 1. The van der Waals surface area contributed by atoms with Crippen molar-refractivity contribution in [3.63, 3.8) is 0 Å². The zero-order valence-electron chi connectivity index (χ0n) is 19.4. The number of aliphatic hydroxyl groups excluding tert-OH is 2. The topological polar surface area (TPSA) is 77.8 Å². The van der Waals surface area contributed by atoms with Gasteiger partial charge in [-0.1, -0.05) is 33.6 Å². The van der Waals surface area contributed by atoms with Crippen molar-refractivity contribution in [2.75, 3.05) is 0 Å². The Hall–Kier alpha value is -0.610. The molecule has 0 amide bonds. The second-order valence-corrected chi connectivity index (χ2v) is 12.1. The van der Waals surface area contributed by atoms with Gasteiger partial charge in [-0.05, 0) is 104 Å². The highest BCUT2D eigenvalue weighted by molar-refractivity contribution is 5.66. The minimum absolute atomic E-state index is 0.168. The average molecular weight is 421 g/mol. The fraction of sp³-hybridized carbons (Fsp3) is 0.962. The summed E-state index contributed by atoms with van der Waals surface area (Å²) in [5, 5.41) is 30.5. The zero-order chi connectivity index (χ0) is 21.7. The molecule has 172 valence electrons. The number of carboxylic acids is 1. The van der Waals surface area contributed by atoms with Crippen LogP contribution >= 0.6 is 0 Å². The van der Waals surface area contributed by atoms with Crippen molar-refractivity contribution in [2.45, 2.75) is 110 Å². The summed E-state index contributed by atoms with van der Waals surface area (Å²) < 4.78 is 0. The third-order valence-corrected chi connectivity index (χ3v) is 10.7. The van der Waals surface area contributed by atoms with E-state index in [-0.39, 0.29) is 12.2 Å². The predicted octanol–water partition coefficient (Wildman–Crippen LogP) is 5.26. The molecule has 0 aliphatic heterocycles. The lowest BCUT2D eigenvalue weighted by molar-refractivity contribution is -0.174. The summed E-state index contributed by atoms with van der Waals surface area (Å²) in [5.74, 6) is 2.82. The monoisotopic (exact) mass is 420 g/mol. The molecule has 4 nitrogen and oxygen atoms in total. The van der Waals surface area contributed by atoms with Crippen molar-refractivity contribution in [3.05, 3.63) is 0 Å². The summed E-state index contributed by atoms with van der Waals surface area (Å²) in [4.78, 5) is 10.8. The Morgan fingerprint density at radius 3 is 2.40 bits per heavy atom. The summed E-state index contributed by atoms with van der Waals surface area (Å²) in [6.07, 6.45) is 11.7. The smallest absolute Gasteiger partial charge is 0.303 e. The van der Waals surface area contributed by atoms with Crippen molar-refractivity contribution in [1.29, 1.82) is 0 Å². The van der Waals surface area contributed by atoms with Crippen LogP contribution in [-0.2, 0) is 4.79 Å². The van der Waals surface area contributed by atoms with E-state index >= 15 is 0 Å². The Balaban J connectivity index is 1.47. The SMILES string of the molecule is C[C@H](CCCCC(=O)O)[C@H]1CCC2C3C(O)C[C@@H]4C[C@H](O)CC[C@]4(C)C3CC[C@@]21C. The molecule has 0 bridgehead atoms. The lowest BCUT2D eigenvalue weighted by Gasteiger charge is -2.62. The Morgan fingerprint density at radius 1 is 0.967 bits per heavy atom. The Kier molecular flexibility index (Phi) is 6.31. The van der Waals surface area contributed by atoms with Gasteiger partial charge in [0, 0.05) is 6.42 Å². The summed E-state index contributed by atoms with van der Waals surface area (Å²) in [6.45, 7) is 7.39. The third-order valence-electron chi connectivity index (χ3n) is 10.7. The minimum Gasteiger partial charge on any atom is -0.481 e. The number of aliphatic hydroxyl groups is 2. The molecule has 0 aromatic carbocycles. The van der Waals surface area contributed by atoms with Gasteiger partial charge in [0.2, 0.25) is 0 Å². The van der Waals surface area contributed by atoms with Crippen LogP contribution in [-0.4, -0.2) is 33.5 Å². The molecule has 4 aliphatic carbocycles. The molecular weight excluding hydrogens is 376 g/mol. The van der Waals surface area contributed by atoms with E-state index in [9.17, 15) is 15.0 Å². The summed E-state index contributed by atoms with van der Waals surface area (Å²) in [7, 11) is 0. The van der Waals surface area contributed by atoms with Gasteiger partial charge in [-0.15, -0.1) is 0 Å². The van der Waals surface area contributed by atoms with E-state index in [1.54, 1.807) is 0 Å². The maximum Gasteiger partial charge on any atom is 0.303 e. The van der Waals surface area contributed by atoms with Crippen LogP contribution in [0.25, 0.3) is 0 Å². The van der Waals surface area contributed by atoms with Crippen LogP contribution in [0.15, 0.2) is 0 Å². The van der Waals surface area contributed by atoms with Gasteiger partial charge in [0.05, 0.1) is 12.2 Å². The molecule has 30 heavy (non-hydrogen) atoms. The quantitative estimate of drug-likeness (QED) is 0.512. The van der Waals surface area contributed by atoms with Crippen LogP contribution in [0.1, 0.15) is 97.8 Å². The van der Waals surface area contributed by atoms with E-state index in [0.29, 0.717) is 52.8 Å². The standard InChI is InChI=1S/C26H44O4/c1-16(6-4-5-7-23(29)30)19-8-9-20-24-21(11-13-26(19,20)3)25(2)12-10-18(27)14-17(25)15-22(24)28/h16-22,24,27-28H,4-15H2,1-3H3,(H,29,30)/t16-,17+,18-,19-,20?,21?,22?,24?,25+,26-/m1/s1. The van der Waals surface area contributed by atoms with Crippen molar-refractivity contribution < 1.29 is 20.1 Å². The number of carboxylic acid groups (broad SMARTS) is 1. The van der Waals surface area contributed by atoms with Gasteiger partial charge in [-0.25, -0.2) is 0 Å². The molecule has 10 atom stereocenters. The Bertz CT molecular complexity index is 635. The Labute approximate surface area is 182 Å². The summed E-state index contributed by atoms with van der Waals surface area (Å²) in [6, 6.07) is 0. The number of carbonyl (C=O) groups is 1. The van der Waals surface area contributed by atoms with Crippen LogP contribution < -0.4 is 0 Å². The van der Waals surface area contributed by atoms with Crippen molar-refractivity contribution in [3.8, 4) is 0 Å². The first-order valence-electron chi connectivity index (χ1n) is 12.7. The van der Waals surface area contributed by atoms with Gasteiger partial charge in [-0.2, -0.15) is 0 Å². The number of hydrogen-bond donors (Lipinski definition) is 3. The van der Waals surface area contributed by atoms with E-state index in [0.717, 1.165) is 44.9 Å². The third kappa shape index (κ3) is 3.74. The van der Waals surface area contributed by atoms with E-state index in [2.05, 4.69) is 20.8 Å². The average Bonchev–Trinajstić information content (AvgIpc) is 3.03. The molecule has 4 heteroatoms. The van der Waals surface area contributed by atoms with E-state index in [1.165, 1.54) is 25.7 Å². The number of fused-ring (bicyclic) bond motifs is 5. The van der Waals surface area contributed by atoms with Gasteiger partial charge in [0.25, 0.3) is 0 Å². The fourth-order valence-corrected chi connectivity index (χ4v) is 9.12. The molecule has 4 aliphatic rings. The van der Waals surface area contributed by atoms with Gasteiger partial charge < -0.3 is 15.3 Å². The van der Waals surface area contributed by atoms with Crippen LogP contribution in [0.5, 0.6) is 0 Å². The number of unbranched alkanes of at least 4 members (excludes halogenated alkanes) is 1. The second kappa shape index (κ2) is 8.39. The fourth-order valence-electron chi connectivity index (χ4n) is 9.12. The summed E-state index contributed by atoms with van der Waals surface area (Å²) in [5.41, 5.74) is 0.622. The highest BCUT2D eigenvalue weighted by Crippen LogP contribution is 2.68. The van der Waals surface area contributed by atoms with Gasteiger partial charge in [0.15, 0.2) is 0 Å². The maximum atomic E-state index is 11.3. The van der Waals surface area contributed by atoms with Gasteiger partial charge in [-0.3, -0.25) is 4.79 Å². The first-order chi connectivity index (χ1) is 14.2. The largest absolute Gasteiger partial charge is 0.481 e. The molecule has 0 radical (unpaired) electrons. The maximum absolute atomic E-state index is 11.3. The van der Waals surface area contributed by atoms with Crippen LogP contribution in [0.3, 0.4) is 0 Å². The van der Waals surface area contributed by atoms with Crippen LogP contribution in [0, 0.1) is 46.3 Å². The number of hydrogen-bond acceptors (Lipinski definition) is 3. The first-order valence-corrected chi connectivity index (χ1v) is 12.7. The molecule has 0 heterocycles. The van der Waals surface area contributed by atoms with E-state index in [4.69, 9.17) is 5.11 Å². The molecule has 4 unspecified atom stereocenters. The molecule has 4 fully saturated rings. The first kappa shape index (κ1) is 22.6. The predicted molar refractivity (Wildman–Crippen MR) is 118 cm³/mol. The molecule has 0 spiro atoms. The van der Waals surface area contributed by atoms with Gasteiger partial charge in [0.1, 0.15) is 0 Å². The summed E-state index contributed by atoms with van der Waals surface area (Å²) >= 11 is 0. The lowest BCUT2D eigenvalue weighted by atomic mass is 9.43. The molecule has 3 N–H and O–H groups in total. The molecule has 4 saturated carbocycles. The highest BCUT2D eigenvalue weighted by Gasteiger charge is 2.62. The van der Waals surface area contributed by atoms with Crippen molar-refractivity contribution >= 4 is 5.97 Å². The molecule has 0 aromatic rings. The highest BCUT2D eigenvalue weighted by atomic mass is 16.4. The Morgan fingerprint density at radius 2 is 1.67 bits per heavy atom. The normalized spacial score (nSPS) is 49.0. The van der Waals surface area contributed by atoms with Crippen LogP contribution in [0.4, 0.5) is 0 Å². The minimum atomic E-state index is -0.679. The molecule has 0 aromatic heterocycles. The number of rotatable bonds is 6. The van der Waals surface area contributed by atoms with Gasteiger partial charge >= 0.3 is 5.97 Å². The molecule has 0 saturated heterocycles.